The van der Waals surface area contributed by atoms with Crippen LogP contribution in [0.2, 0.25) is 0 Å². The van der Waals surface area contributed by atoms with Gasteiger partial charge in [0.25, 0.3) is 5.91 Å². The van der Waals surface area contributed by atoms with Crippen LogP contribution >= 0.6 is 0 Å². The topological polar surface area (TPSA) is 111 Å². The van der Waals surface area contributed by atoms with Crippen molar-refractivity contribution in [3.63, 3.8) is 0 Å². The number of aliphatic hydroxyl groups excluding tert-OH is 1. The molecule has 4 rings (SSSR count). The molecule has 1 aliphatic heterocycles. The van der Waals surface area contributed by atoms with Crippen LogP contribution in [0.1, 0.15) is 89.6 Å². The first kappa shape index (κ1) is 34.6. The Hall–Kier alpha value is -3.23. The van der Waals surface area contributed by atoms with E-state index in [-0.39, 0.29) is 35.8 Å². The summed E-state index contributed by atoms with van der Waals surface area (Å²) in [5, 5.41) is 21.1. The van der Waals surface area contributed by atoms with Gasteiger partial charge in [-0.25, -0.2) is 0 Å². The Morgan fingerprint density at radius 2 is 1.47 bits per heavy atom. The lowest BCUT2D eigenvalue weighted by molar-refractivity contribution is -0.133. The zero-order valence-electron chi connectivity index (χ0n) is 28.0. The van der Waals surface area contributed by atoms with Crippen molar-refractivity contribution in [2.45, 2.75) is 110 Å². The van der Waals surface area contributed by atoms with E-state index in [1.165, 1.54) is 12.8 Å². The third-order valence-electron chi connectivity index (χ3n) is 9.25. The number of hydrogen-bond donors (Lipinski definition) is 4. The summed E-state index contributed by atoms with van der Waals surface area (Å²) >= 11 is 0. The van der Waals surface area contributed by atoms with Gasteiger partial charge in [0, 0.05) is 24.2 Å². The molecule has 0 radical (unpaired) electrons. The number of piperidine rings is 1. The van der Waals surface area contributed by atoms with Gasteiger partial charge in [0.1, 0.15) is 6.04 Å². The van der Waals surface area contributed by atoms with Crippen LogP contribution in [0.25, 0.3) is 0 Å². The minimum Gasteiger partial charge on any atom is -0.390 e. The van der Waals surface area contributed by atoms with Crippen LogP contribution in [0.15, 0.2) is 60.7 Å². The van der Waals surface area contributed by atoms with Gasteiger partial charge in [0.05, 0.1) is 18.2 Å². The maximum atomic E-state index is 14.0. The largest absolute Gasteiger partial charge is 0.390 e. The minimum absolute atomic E-state index is 0.00112. The molecule has 246 valence electrons. The Labute approximate surface area is 269 Å². The monoisotopic (exact) mass is 618 g/mol. The van der Waals surface area contributed by atoms with E-state index in [0.717, 1.165) is 31.4 Å². The van der Waals surface area contributed by atoms with Crippen molar-refractivity contribution < 1.29 is 19.5 Å². The second-order valence-corrected chi connectivity index (χ2v) is 15.3. The molecular weight excluding hydrogens is 564 g/mol. The predicted molar refractivity (Wildman–Crippen MR) is 179 cm³/mol. The molecule has 6 atom stereocenters. The number of fused-ring (bicyclic) bond motifs is 1. The lowest BCUT2D eigenvalue weighted by Gasteiger charge is -2.47. The highest BCUT2D eigenvalue weighted by molar-refractivity contribution is 5.97. The third-order valence-corrected chi connectivity index (χ3v) is 9.25. The van der Waals surface area contributed by atoms with E-state index in [2.05, 4.69) is 20.9 Å². The molecule has 0 bridgehead atoms. The molecule has 2 aliphatic rings. The maximum absolute atomic E-state index is 14.0. The fraction of sp³-hybridized carbons (Fsp3) is 0.595. The second kappa shape index (κ2) is 14.9. The normalized spacial score (nSPS) is 22.8. The summed E-state index contributed by atoms with van der Waals surface area (Å²) in [7, 11) is 0. The van der Waals surface area contributed by atoms with Crippen LogP contribution in [0, 0.1) is 17.3 Å². The van der Waals surface area contributed by atoms with Gasteiger partial charge in [0.15, 0.2) is 0 Å². The molecule has 0 spiro atoms. The molecule has 1 aliphatic carbocycles. The lowest BCUT2D eigenvalue weighted by Crippen LogP contribution is -2.61. The molecule has 2 aromatic rings. The van der Waals surface area contributed by atoms with Gasteiger partial charge in [-0.3, -0.25) is 19.3 Å². The molecule has 8 heteroatoms. The van der Waals surface area contributed by atoms with Crippen molar-refractivity contribution in [1.29, 1.82) is 0 Å². The van der Waals surface area contributed by atoms with Crippen molar-refractivity contribution in [1.82, 2.24) is 20.9 Å². The molecule has 8 nitrogen and oxygen atoms in total. The summed E-state index contributed by atoms with van der Waals surface area (Å²) in [6.45, 7) is 12.7. The number of rotatable bonds is 10. The molecule has 3 unspecified atom stereocenters. The van der Waals surface area contributed by atoms with Crippen LogP contribution in [0.5, 0.6) is 0 Å². The summed E-state index contributed by atoms with van der Waals surface area (Å²) < 4.78 is 0. The Morgan fingerprint density at radius 1 is 0.867 bits per heavy atom. The maximum Gasteiger partial charge on any atom is 0.251 e. The first-order valence-electron chi connectivity index (χ1n) is 16.7. The van der Waals surface area contributed by atoms with E-state index >= 15 is 0 Å². The Kier molecular flexibility index (Phi) is 11.5. The van der Waals surface area contributed by atoms with Gasteiger partial charge in [0.2, 0.25) is 11.8 Å². The smallest absolute Gasteiger partial charge is 0.251 e. The average molecular weight is 619 g/mol. The van der Waals surface area contributed by atoms with E-state index in [1.807, 2.05) is 77.9 Å². The van der Waals surface area contributed by atoms with E-state index in [0.29, 0.717) is 23.8 Å². The number of aliphatic hydroxyl groups is 1. The third kappa shape index (κ3) is 9.88. The van der Waals surface area contributed by atoms with Gasteiger partial charge in [-0.05, 0) is 75.0 Å². The summed E-state index contributed by atoms with van der Waals surface area (Å²) in [5.74, 6) is 0.348. The molecule has 3 amide bonds. The minimum atomic E-state index is -0.940. The zero-order valence-corrected chi connectivity index (χ0v) is 28.0. The van der Waals surface area contributed by atoms with Crippen LogP contribution in [0.3, 0.4) is 0 Å². The number of nitrogens with zero attached hydrogens (tertiary/aromatic N) is 1. The number of hydrogen-bond acceptors (Lipinski definition) is 5. The summed E-state index contributed by atoms with van der Waals surface area (Å²) in [4.78, 5) is 42.8. The fourth-order valence-corrected chi connectivity index (χ4v) is 6.89. The van der Waals surface area contributed by atoms with Crippen LogP contribution < -0.4 is 16.0 Å². The summed E-state index contributed by atoms with van der Waals surface area (Å²) in [6.07, 6.45) is 4.96. The first-order chi connectivity index (χ1) is 21.2. The van der Waals surface area contributed by atoms with Gasteiger partial charge < -0.3 is 21.1 Å². The molecular formula is C37H54N4O4. The van der Waals surface area contributed by atoms with E-state index in [1.54, 1.807) is 24.3 Å². The van der Waals surface area contributed by atoms with Crippen LogP contribution in [-0.2, 0) is 16.0 Å². The van der Waals surface area contributed by atoms with Gasteiger partial charge >= 0.3 is 0 Å². The molecule has 2 aromatic carbocycles. The van der Waals surface area contributed by atoms with E-state index in [4.69, 9.17) is 0 Å². The summed E-state index contributed by atoms with van der Waals surface area (Å²) in [5.41, 5.74) is 0.512. The molecule has 1 heterocycles. The van der Waals surface area contributed by atoms with Gasteiger partial charge in [-0.1, -0.05) is 88.6 Å². The van der Waals surface area contributed by atoms with Gasteiger partial charge in [-0.15, -0.1) is 0 Å². The lowest BCUT2D eigenvalue weighted by atomic mass is 9.72. The van der Waals surface area contributed by atoms with Gasteiger partial charge in [-0.2, -0.15) is 0 Å². The highest BCUT2D eigenvalue weighted by Gasteiger charge is 2.42. The molecule has 0 aromatic heterocycles. The number of β-amino-alcohol motifs (C(OH)–C–C–N with tert-alkyl or cyclic N) is 1. The summed E-state index contributed by atoms with van der Waals surface area (Å²) in [6, 6.07) is 16.9. The highest BCUT2D eigenvalue weighted by Crippen LogP contribution is 2.39. The molecule has 45 heavy (non-hydrogen) atoms. The van der Waals surface area contributed by atoms with Crippen molar-refractivity contribution in [2.75, 3.05) is 13.1 Å². The fourth-order valence-electron chi connectivity index (χ4n) is 6.89. The number of likely N-dealkylation sites (tertiary alicyclic amines) is 1. The number of carbonyl (C=O) groups excluding carboxylic acids is 3. The molecule has 4 N–H and O–H groups in total. The molecule has 1 saturated carbocycles. The van der Waals surface area contributed by atoms with E-state index < -0.39 is 23.6 Å². The quantitative estimate of drug-likeness (QED) is 0.308. The van der Waals surface area contributed by atoms with Crippen molar-refractivity contribution in [3.05, 3.63) is 71.8 Å². The van der Waals surface area contributed by atoms with Crippen LogP contribution in [-0.4, -0.2) is 70.6 Å². The molecule has 2 fully saturated rings. The zero-order chi connectivity index (χ0) is 32.8. The Morgan fingerprint density at radius 3 is 2.07 bits per heavy atom. The SMILES string of the molecule is CC(C)(C)NC(=O)[C@@H]1C[C@@H]2CCCCC2CN1CC(O)C(Cc1ccccc1)NC(=O)[C@@H](NC(=O)c1ccccc1)C(C)(C)C. The first-order valence-corrected chi connectivity index (χ1v) is 16.7. The number of carbonyl (C=O) groups is 3. The predicted octanol–water partition coefficient (Wildman–Crippen LogP) is 4.71. The van der Waals surface area contributed by atoms with Crippen molar-refractivity contribution in [2.24, 2.45) is 17.3 Å². The van der Waals surface area contributed by atoms with Crippen LogP contribution in [0.4, 0.5) is 0 Å². The Balaban J connectivity index is 1.56. The van der Waals surface area contributed by atoms with Crippen molar-refractivity contribution >= 4 is 17.7 Å². The Bertz CT molecular complexity index is 1270. The average Bonchev–Trinajstić information content (AvgIpc) is 2.98. The second-order valence-electron chi connectivity index (χ2n) is 15.3. The number of amides is 3. The number of benzene rings is 2. The highest BCUT2D eigenvalue weighted by atomic mass is 16.3. The number of nitrogens with one attached hydrogen (secondary N) is 3. The van der Waals surface area contributed by atoms with Crippen molar-refractivity contribution in [3.8, 4) is 0 Å². The van der Waals surface area contributed by atoms with E-state index in [9.17, 15) is 19.5 Å². The standard InChI is InChI=1S/C37H54N4O4/c1-36(2,3)32(39-33(43)26-17-11-8-12-18-26)35(45)38-29(21-25-15-9-7-10-16-25)31(42)24-41-23-28-20-14-13-19-27(28)22-30(41)34(44)40-37(4,5)6/h7-12,15-18,27-32,42H,13-14,19-24H2,1-6H3,(H,38,45)(H,39,43)(H,40,44)/t27-,28?,29?,30-,31?,32+/m0/s1. The molecule has 1 saturated heterocycles.